The van der Waals surface area contributed by atoms with Crippen LogP contribution in [0.3, 0.4) is 0 Å². The number of aromatic nitrogens is 2. The third-order valence-corrected chi connectivity index (χ3v) is 3.44. The molecule has 0 unspecified atom stereocenters. The Hall–Kier alpha value is -2.18. The Morgan fingerprint density at radius 1 is 1.10 bits per heavy atom. The van der Waals surface area contributed by atoms with E-state index in [-0.39, 0.29) is 10.8 Å². The molecular weight excluding hydrogens is 300 g/mol. The Labute approximate surface area is 122 Å². The molecule has 3 rings (SSSR count). The molecule has 2 aromatic carbocycles. The summed E-state index contributed by atoms with van der Waals surface area (Å²) in [7, 11) is 0. The number of para-hydroxylation sites is 1. The molecule has 1 aromatic heterocycles. The molecule has 0 saturated carbocycles. The van der Waals surface area contributed by atoms with Gasteiger partial charge in [-0.3, -0.25) is 0 Å². The van der Waals surface area contributed by atoms with Gasteiger partial charge < -0.3 is 9.47 Å². The van der Waals surface area contributed by atoms with Crippen LogP contribution in [0, 0.1) is 0 Å². The van der Waals surface area contributed by atoms with E-state index in [1.165, 1.54) is 11.5 Å². The number of carbonyl (C=O) groups excluding carboxylic acids is 1. The number of hydrogen-bond donors (Lipinski definition) is 0. The van der Waals surface area contributed by atoms with Crippen molar-refractivity contribution in [2.75, 3.05) is 0 Å². The summed E-state index contributed by atoms with van der Waals surface area (Å²) in [5.74, 6) is 0.538. The number of halogens is 1. The lowest BCUT2D eigenvalue weighted by Gasteiger charge is -2.06. The van der Waals surface area contributed by atoms with E-state index >= 15 is 0 Å². The van der Waals surface area contributed by atoms with Crippen molar-refractivity contribution in [3.8, 4) is 11.5 Å². The van der Waals surface area contributed by atoms with Crippen molar-refractivity contribution in [3.05, 3.63) is 47.5 Å². The summed E-state index contributed by atoms with van der Waals surface area (Å²) in [6, 6.07) is 12.0. The van der Waals surface area contributed by atoms with Crippen LogP contribution in [0.15, 0.2) is 42.5 Å². The first-order chi connectivity index (χ1) is 9.74. The fourth-order valence-electron chi connectivity index (χ4n) is 1.59. The second-order valence-corrected chi connectivity index (χ2v) is 4.96. The van der Waals surface area contributed by atoms with Gasteiger partial charge in [-0.15, -0.1) is 5.10 Å². The number of nitrogens with zero attached hydrogens (tertiary/aromatic N) is 2. The van der Waals surface area contributed by atoms with Crippen LogP contribution in [0.2, 0.25) is 5.02 Å². The van der Waals surface area contributed by atoms with Crippen molar-refractivity contribution < 1.29 is 14.3 Å². The summed E-state index contributed by atoms with van der Waals surface area (Å²) >= 11 is 7.20. The molecule has 3 aromatic rings. The van der Waals surface area contributed by atoms with E-state index in [1.54, 1.807) is 36.4 Å². The summed E-state index contributed by atoms with van der Waals surface area (Å²) < 4.78 is 14.7. The quantitative estimate of drug-likeness (QED) is 0.530. The molecule has 0 aliphatic rings. The molecule has 0 aliphatic heterocycles. The molecule has 0 radical (unpaired) electrons. The van der Waals surface area contributed by atoms with Crippen LogP contribution < -0.4 is 9.47 Å². The van der Waals surface area contributed by atoms with Crippen molar-refractivity contribution in [2.45, 2.75) is 0 Å². The average molecular weight is 307 g/mol. The van der Waals surface area contributed by atoms with Gasteiger partial charge >= 0.3 is 6.16 Å². The zero-order valence-corrected chi connectivity index (χ0v) is 11.5. The van der Waals surface area contributed by atoms with Crippen LogP contribution in [-0.2, 0) is 0 Å². The molecule has 0 N–H and O–H groups in total. The summed E-state index contributed by atoms with van der Waals surface area (Å²) in [4.78, 5) is 11.8. The average Bonchev–Trinajstić information content (AvgIpc) is 2.92. The molecule has 20 heavy (non-hydrogen) atoms. The zero-order chi connectivity index (χ0) is 13.9. The van der Waals surface area contributed by atoms with E-state index in [2.05, 4.69) is 9.59 Å². The lowest BCUT2D eigenvalue weighted by atomic mass is 10.3. The Kier molecular flexibility index (Phi) is 3.49. The standard InChI is InChI=1S/C13H7ClN2O3S/c14-9-6-7-10-11(15-16-20-10)12(9)19-13(17)18-8-4-2-1-3-5-8/h1-7H. The zero-order valence-electron chi connectivity index (χ0n) is 9.95. The third kappa shape index (κ3) is 2.56. The fraction of sp³-hybridized carbons (Fsp3) is 0. The van der Waals surface area contributed by atoms with Crippen molar-refractivity contribution in [3.63, 3.8) is 0 Å². The lowest BCUT2D eigenvalue weighted by molar-refractivity contribution is 0.152. The van der Waals surface area contributed by atoms with Crippen LogP contribution >= 0.6 is 23.1 Å². The van der Waals surface area contributed by atoms with Gasteiger partial charge in [-0.05, 0) is 35.8 Å². The van der Waals surface area contributed by atoms with Crippen LogP contribution in [0.1, 0.15) is 0 Å². The smallest absolute Gasteiger partial charge is 0.395 e. The largest absolute Gasteiger partial charge is 0.519 e. The summed E-state index contributed by atoms with van der Waals surface area (Å²) in [5.41, 5.74) is 0.438. The van der Waals surface area contributed by atoms with Crippen molar-refractivity contribution in [2.24, 2.45) is 0 Å². The van der Waals surface area contributed by atoms with Gasteiger partial charge in [0.2, 0.25) is 0 Å². The van der Waals surface area contributed by atoms with Gasteiger partial charge in [0.1, 0.15) is 11.3 Å². The molecule has 0 aliphatic carbocycles. The maximum atomic E-state index is 11.8. The number of ether oxygens (including phenoxy) is 2. The lowest BCUT2D eigenvalue weighted by Crippen LogP contribution is -2.14. The van der Waals surface area contributed by atoms with E-state index in [1.807, 2.05) is 6.07 Å². The number of hydrogen-bond acceptors (Lipinski definition) is 6. The Morgan fingerprint density at radius 3 is 2.70 bits per heavy atom. The van der Waals surface area contributed by atoms with Gasteiger partial charge in [0.05, 0.1) is 9.72 Å². The maximum Gasteiger partial charge on any atom is 0.519 e. The van der Waals surface area contributed by atoms with E-state index in [0.717, 1.165) is 4.70 Å². The van der Waals surface area contributed by atoms with Crippen molar-refractivity contribution in [1.82, 2.24) is 9.59 Å². The van der Waals surface area contributed by atoms with Gasteiger partial charge in [-0.1, -0.05) is 34.3 Å². The Bertz CT molecular complexity index is 761. The van der Waals surface area contributed by atoms with E-state index in [0.29, 0.717) is 11.3 Å². The molecule has 5 nitrogen and oxygen atoms in total. The molecule has 0 spiro atoms. The molecule has 1 heterocycles. The van der Waals surface area contributed by atoms with Gasteiger partial charge in [0, 0.05) is 0 Å². The number of rotatable bonds is 2. The highest BCUT2D eigenvalue weighted by molar-refractivity contribution is 7.13. The Balaban J connectivity index is 1.84. The van der Waals surface area contributed by atoms with E-state index < -0.39 is 6.16 Å². The van der Waals surface area contributed by atoms with E-state index in [9.17, 15) is 4.79 Å². The second-order valence-electron chi connectivity index (χ2n) is 3.76. The summed E-state index contributed by atoms with van der Waals surface area (Å²) in [6.45, 7) is 0. The number of fused-ring (bicyclic) bond motifs is 1. The maximum absolute atomic E-state index is 11.8. The highest BCUT2D eigenvalue weighted by Gasteiger charge is 2.16. The first kappa shape index (κ1) is 12.8. The molecule has 0 saturated heterocycles. The highest BCUT2D eigenvalue weighted by atomic mass is 35.5. The SMILES string of the molecule is O=C(Oc1ccccc1)Oc1c(Cl)ccc2snnc12. The second kappa shape index (κ2) is 5.44. The molecular formula is C13H7ClN2O3S. The number of benzene rings is 2. The monoisotopic (exact) mass is 306 g/mol. The van der Waals surface area contributed by atoms with Gasteiger partial charge in [0.15, 0.2) is 5.75 Å². The van der Waals surface area contributed by atoms with Crippen LogP contribution in [0.5, 0.6) is 11.5 Å². The van der Waals surface area contributed by atoms with Gasteiger partial charge in [-0.2, -0.15) is 0 Å². The van der Waals surface area contributed by atoms with Gasteiger partial charge in [0.25, 0.3) is 0 Å². The van der Waals surface area contributed by atoms with Crippen LogP contribution in [0.25, 0.3) is 10.2 Å². The minimum Gasteiger partial charge on any atom is -0.395 e. The van der Waals surface area contributed by atoms with Gasteiger partial charge in [-0.25, -0.2) is 4.79 Å². The minimum atomic E-state index is -0.876. The van der Waals surface area contributed by atoms with Crippen LogP contribution in [-0.4, -0.2) is 15.7 Å². The Morgan fingerprint density at radius 2 is 1.90 bits per heavy atom. The molecule has 0 atom stereocenters. The third-order valence-electron chi connectivity index (χ3n) is 2.46. The molecule has 100 valence electrons. The molecule has 7 heteroatoms. The molecule has 0 fully saturated rings. The summed E-state index contributed by atoms with van der Waals surface area (Å²) in [5, 5.41) is 4.16. The fourth-order valence-corrected chi connectivity index (χ4v) is 2.34. The van der Waals surface area contributed by atoms with E-state index in [4.69, 9.17) is 21.1 Å². The predicted molar refractivity (Wildman–Crippen MR) is 75.5 cm³/mol. The first-order valence-electron chi connectivity index (χ1n) is 5.59. The first-order valence-corrected chi connectivity index (χ1v) is 6.74. The summed E-state index contributed by atoms with van der Waals surface area (Å²) in [6.07, 6.45) is -0.876. The number of carbonyl (C=O) groups is 1. The van der Waals surface area contributed by atoms with Crippen molar-refractivity contribution >= 4 is 39.5 Å². The minimum absolute atomic E-state index is 0.152. The molecule has 0 bridgehead atoms. The van der Waals surface area contributed by atoms with Crippen LogP contribution in [0.4, 0.5) is 4.79 Å². The normalized spacial score (nSPS) is 10.4. The highest BCUT2D eigenvalue weighted by Crippen LogP contribution is 2.33. The topological polar surface area (TPSA) is 61.3 Å². The molecule has 0 amide bonds. The van der Waals surface area contributed by atoms with Crippen molar-refractivity contribution in [1.29, 1.82) is 0 Å². The predicted octanol–water partition coefficient (Wildman–Crippen LogP) is 3.92.